The molecule has 2 aromatic carbocycles. The Morgan fingerprint density at radius 1 is 1.07 bits per heavy atom. The molecule has 2 aliphatic rings. The summed E-state index contributed by atoms with van der Waals surface area (Å²) in [6.07, 6.45) is 4.28. The van der Waals surface area contributed by atoms with Crippen LogP contribution in [0.4, 0.5) is 0 Å². The zero-order chi connectivity index (χ0) is 21.1. The number of carbonyl (C=O) groups is 1. The van der Waals surface area contributed by atoms with Crippen LogP contribution in [0.1, 0.15) is 31.2 Å². The van der Waals surface area contributed by atoms with Crippen LogP contribution < -0.4 is 9.46 Å². The fourth-order valence-corrected chi connectivity index (χ4v) is 5.38. The average Bonchev–Trinajstić information content (AvgIpc) is 2.72. The van der Waals surface area contributed by atoms with Crippen LogP contribution in [0.25, 0.3) is 11.1 Å². The summed E-state index contributed by atoms with van der Waals surface area (Å²) < 4.78 is 32.9. The Morgan fingerprint density at radius 2 is 1.87 bits per heavy atom. The van der Waals surface area contributed by atoms with E-state index in [2.05, 4.69) is 22.9 Å². The van der Waals surface area contributed by atoms with E-state index in [-0.39, 0.29) is 18.0 Å². The lowest BCUT2D eigenvalue weighted by atomic mass is 9.89. The van der Waals surface area contributed by atoms with Crippen molar-refractivity contribution >= 4 is 15.9 Å². The third-order valence-electron chi connectivity index (χ3n) is 5.86. The molecule has 2 heterocycles. The van der Waals surface area contributed by atoms with Gasteiger partial charge in [0.2, 0.25) is 15.9 Å². The molecule has 1 N–H and O–H groups in total. The van der Waals surface area contributed by atoms with Crippen LogP contribution in [0.5, 0.6) is 5.75 Å². The number of carbonyl (C=O) groups excluding carboxylic acids is 1. The second kappa shape index (κ2) is 8.78. The van der Waals surface area contributed by atoms with E-state index in [9.17, 15) is 13.2 Å². The lowest BCUT2D eigenvalue weighted by Gasteiger charge is -2.42. The van der Waals surface area contributed by atoms with Gasteiger partial charge in [-0.05, 0) is 36.8 Å². The van der Waals surface area contributed by atoms with Crippen molar-refractivity contribution in [2.75, 3.05) is 19.4 Å². The van der Waals surface area contributed by atoms with Crippen molar-refractivity contribution < 1.29 is 17.9 Å². The average molecular weight is 429 g/mol. The molecule has 2 atom stereocenters. The molecule has 2 aromatic rings. The van der Waals surface area contributed by atoms with Gasteiger partial charge in [0.15, 0.2) is 0 Å². The first-order chi connectivity index (χ1) is 14.4. The molecule has 160 valence electrons. The van der Waals surface area contributed by atoms with E-state index in [4.69, 9.17) is 4.74 Å². The van der Waals surface area contributed by atoms with Crippen molar-refractivity contribution in [2.24, 2.45) is 0 Å². The highest BCUT2D eigenvalue weighted by atomic mass is 32.2. The zero-order valence-corrected chi connectivity index (χ0v) is 18.0. The normalized spacial score (nSPS) is 22.6. The van der Waals surface area contributed by atoms with Crippen LogP contribution in [-0.2, 0) is 21.2 Å². The molecule has 1 saturated heterocycles. The first-order valence-corrected chi connectivity index (χ1v) is 12.4. The fourth-order valence-electron chi connectivity index (χ4n) is 4.56. The van der Waals surface area contributed by atoms with Gasteiger partial charge < -0.3 is 9.64 Å². The molecule has 0 aliphatic carbocycles. The number of fused-ring (bicyclic) bond motifs is 2. The quantitative estimate of drug-likeness (QED) is 0.816. The summed E-state index contributed by atoms with van der Waals surface area (Å²) in [4.78, 5) is 14.8. The number of para-hydroxylation sites is 1. The van der Waals surface area contributed by atoms with Gasteiger partial charge in [0, 0.05) is 24.6 Å². The standard InChI is InChI=1S/C23H28N2O4S/c1-30(27,28)24-20-12-6-14-25-21(20)16-18-10-5-11-19(17-8-3-2-4-9-17)23(18)29-15-7-13-22(25)26/h2-5,8-11,20-21,24H,6-7,12-16H2,1H3. The zero-order valence-electron chi connectivity index (χ0n) is 17.2. The number of hydrogen-bond acceptors (Lipinski definition) is 4. The third-order valence-corrected chi connectivity index (χ3v) is 6.59. The summed E-state index contributed by atoms with van der Waals surface area (Å²) in [5.41, 5.74) is 3.10. The number of ether oxygens (including phenoxy) is 1. The van der Waals surface area contributed by atoms with Gasteiger partial charge in [-0.25, -0.2) is 13.1 Å². The van der Waals surface area contributed by atoms with Gasteiger partial charge in [-0.15, -0.1) is 0 Å². The van der Waals surface area contributed by atoms with Crippen LogP contribution >= 0.6 is 0 Å². The van der Waals surface area contributed by atoms with Gasteiger partial charge in [0.25, 0.3) is 0 Å². The van der Waals surface area contributed by atoms with Crippen molar-refractivity contribution in [3.8, 4) is 16.9 Å². The Kier molecular flexibility index (Phi) is 6.11. The predicted octanol–water partition coefficient (Wildman–Crippen LogP) is 2.98. The van der Waals surface area contributed by atoms with E-state index in [0.29, 0.717) is 32.4 Å². The van der Waals surface area contributed by atoms with Gasteiger partial charge in [-0.3, -0.25) is 4.79 Å². The Bertz CT molecular complexity index is 1010. The highest BCUT2D eigenvalue weighted by Crippen LogP contribution is 2.36. The number of rotatable bonds is 3. The molecule has 7 heteroatoms. The number of sulfonamides is 1. The number of hydrogen-bond donors (Lipinski definition) is 1. The van der Waals surface area contributed by atoms with E-state index >= 15 is 0 Å². The topological polar surface area (TPSA) is 75.7 Å². The van der Waals surface area contributed by atoms with Crippen LogP contribution in [0.3, 0.4) is 0 Å². The molecule has 1 amide bonds. The largest absolute Gasteiger partial charge is 0.493 e. The van der Waals surface area contributed by atoms with Gasteiger partial charge in [0.05, 0.1) is 18.9 Å². The molecule has 1 fully saturated rings. The molecule has 30 heavy (non-hydrogen) atoms. The molecule has 4 rings (SSSR count). The maximum atomic E-state index is 12.9. The van der Waals surface area contributed by atoms with Crippen LogP contribution in [0.2, 0.25) is 0 Å². The minimum absolute atomic E-state index is 0.0752. The maximum Gasteiger partial charge on any atom is 0.223 e. The predicted molar refractivity (Wildman–Crippen MR) is 117 cm³/mol. The Morgan fingerprint density at radius 3 is 2.63 bits per heavy atom. The highest BCUT2D eigenvalue weighted by Gasteiger charge is 2.36. The van der Waals surface area contributed by atoms with E-state index in [1.54, 1.807) is 0 Å². The number of piperidine rings is 1. The highest BCUT2D eigenvalue weighted by molar-refractivity contribution is 7.88. The van der Waals surface area contributed by atoms with Gasteiger partial charge in [-0.2, -0.15) is 0 Å². The van der Waals surface area contributed by atoms with Gasteiger partial charge >= 0.3 is 0 Å². The second-order valence-corrected chi connectivity index (χ2v) is 9.89. The van der Waals surface area contributed by atoms with Crippen LogP contribution in [0.15, 0.2) is 48.5 Å². The molecular weight excluding hydrogens is 400 g/mol. The van der Waals surface area contributed by atoms with Crippen molar-refractivity contribution in [3.05, 3.63) is 54.1 Å². The second-order valence-electron chi connectivity index (χ2n) is 8.11. The van der Waals surface area contributed by atoms with E-state index in [1.807, 2.05) is 35.2 Å². The van der Waals surface area contributed by atoms with E-state index in [1.165, 1.54) is 6.26 Å². The van der Waals surface area contributed by atoms with Gasteiger partial charge in [-0.1, -0.05) is 48.5 Å². The minimum Gasteiger partial charge on any atom is -0.493 e. The number of amides is 1. The SMILES string of the molecule is CS(=O)(=O)NC1CCCN2C(=O)CCCOc3c(cccc3-c3ccccc3)CC12. The van der Waals surface area contributed by atoms with Crippen molar-refractivity contribution in [1.29, 1.82) is 0 Å². The minimum atomic E-state index is -3.38. The van der Waals surface area contributed by atoms with E-state index in [0.717, 1.165) is 35.3 Å². The monoisotopic (exact) mass is 428 g/mol. The first-order valence-electron chi connectivity index (χ1n) is 10.5. The number of nitrogens with one attached hydrogen (secondary N) is 1. The van der Waals surface area contributed by atoms with Gasteiger partial charge in [0.1, 0.15) is 5.75 Å². The smallest absolute Gasteiger partial charge is 0.223 e. The molecular formula is C23H28N2O4S. The molecule has 2 unspecified atom stereocenters. The van der Waals surface area contributed by atoms with E-state index < -0.39 is 10.0 Å². The molecule has 0 aromatic heterocycles. The molecule has 6 nitrogen and oxygen atoms in total. The Hall–Kier alpha value is -2.38. The summed E-state index contributed by atoms with van der Waals surface area (Å²) in [5.74, 6) is 0.910. The summed E-state index contributed by atoms with van der Waals surface area (Å²) in [7, 11) is -3.38. The molecule has 2 aliphatic heterocycles. The molecule has 0 spiro atoms. The molecule has 0 bridgehead atoms. The Balaban J connectivity index is 1.76. The molecule has 0 radical (unpaired) electrons. The first kappa shape index (κ1) is 20.9. The third kappa shape index (κ3) is 4.68. The Labute approximate surface area is 178 Å². The maximum absolute atomic E-state index is 12.9. The molecule has 0 saturated carbocycles. The van der Waals surface area contributed by atoms with Crippen LogP contribution in [-0.4, -0.2) is 50.7 Å². The number of benzene rings is 2. The van der Waals surface area contributed by atoms with Crippen LogP contribution in [0, 0.1) is 0 Å². The van der Waals surface area contributed by atoms with Crippen molar-refractivity contribution in [1.82, 2.24) is 9.62 Å². The lowest BCUT2D eigenvalue weighted by molar-refractivity contribution is -0.135. The van der Waals surface area contributed by atoms with Crippen molar-refractivity contribution in [3.63, 3.8) is 0 Å². The van der Waals surface area contributed by atoms with Crippen molar-refractivity contribution in [2.45, 2.75) is 44.2 Å². The summed E-state index contributed by atoms with van der Waals surface area (Å²) in [6.45, 7) is 1.14. The fraction of sp³-hybridized carbons (Fsp3) is 0.435. The summed E-state index contributed by atoms with van der Waals surface area (Å²) >= 11 is 0. The number of nitrogens with zero attached hydrogens (tertiary/aromatic N) is 1. The summed E-state index contributed by atoms with van der Waals surface area (Å²) in [5, 5.41) is 0. The lowest BCUT2D eigenvalue weighted by Crippen LogP contribution is -2.57. The summed E-state index contributed by atoms with van der Waals surface area (Å²) in [6, 6.07) is 15.7.